The van der Waals surface area contributed by atoms with E-state index in [1.54, 1.807) is 36.4 Å². The van der Waals surface area contributed by atoms with Crippen molar-refractivity contribution >= 4 is 20.2 Å². The van der Waals surface area contributed by atoms with E-state index in [0.717, 1.165) is 22.3 Å². The van der Waals surface area contributed by atoms with E-state index in [4.69, 9.17) is 4.18 Å². The van der Waals surface area contributed by atoms with Gasteiger partial charge in [-0.15, -0.1) is 0 Å². The molecule has 6 nitrogen and oxygen atoms in total. The maximum atomic E-state index is 13.0. The van der Waals surface area contributed by atoms with Crippen LogP contribution >= 0.6 is 0 Å². The normalized spacial score (nSPS) is 12.7. The van der Waals surface area contributed by atoms with E-state index in [1.807, 2.05) is 49.4 Å². The van der Waals surface area contributed by atoms with E-state index in [-0.39, 0.29) is 21.5 Å². The highest BCUT2D eigenvalue weighted by atomic mass is 32.2. The van der Waals surface area contributed by atoms with E-state index in [0.29, 0.717) is 12.8 Å². The smallest absolute Gasteiger partial charge is 0.339 e. The molecule has 0 aliphatic carbocycles. The van der Waals surface area contributed by atoms with Crippen molar-refractivity contribution in [3.8, 4) is 5.75 Å². The van der Waals surface area contributed by atoms with Gasteiger partial charge in [0.05, 0.1) is 4.90 Å². The Hall–Kier alpha value is -3.46. The van der Waals surface area contributed by atoms with Crippen LogP contribution in [-0.2, 0) is 26.7 Å². The summed E-state index contributed by atoms with van der Waals surface area (Å²) in [7, 11) is -8.29. The van der Waals surface area contributed by atoms with Gasteiger partial charge in [-0.1, -0.05) is 78.4 Å². The van der Waals surface area contributed by atoms with Crippen LogP contribution in [0.25, 0.3) is 0 Å². The van der Waals surface area contributed by atoms with Gasteiger partial charge in [0.1, 0.15) is 10.6 Å². The number of benzene rings is 4. The quantitative estimate of drug-likeness (QED) is 0.221. The second-order valence-corrected chi connectivity index (χ2v) is 11.5. The van der Waals surface area contributed by atoms with E-state index < -0.39 is 20.2 Å². The molecule has 4 aromatic rings. The van der Waals surface area contributed by atoms with Gasteiger partial charge in [-0.2, -0.15) is 16.8 Å². The third-order valence-corrected chi connectivity index (χ3v) is 8.03. The molecule has 186 valence electrons. The van der Waals surface area contributed by atoms with Gasteiger partial charge < -0.3 is 4.18 Å². The average Bonchev–Trinajstić information content (AvgIpc) is 2.86. The van der Waals surface area contributed by atoms with Crippen LogP contribution in [0.1, 0.15) is 34.6 Å². The van der Waals surface area contributed by atoms with Crippen molar-refractivity contribution in [1.82, 2.24) is 0 Å². The third-order valence-electron chi connectivity index (χ3n) is 5.92. The highest BCUT2D eigenvalue weighted by Crippen LogP contribution is 2.37. The Kier molecular flexibility index (Phi) is 7.59. The molecule has 0 amide bonds. The first-order valence-corrected chi connectivity index (χ1v) is 14.2. The lowest BCUT2D eigenvalue weighted by Crippen LogP contribution is -2.13. The molecule has 1 N–H and O–H groups in total. The van der Waals surface area contributed by atoms with Crippen LogP contribution in [0.3, 0.4) is 0 Å². The Morgan fingerprint density at radius 2 is 1.36 bits per heavy atom. The zero-order chi connectivity index (χ0) is 25.8. The van der Waals surface area contributed by atoms with Crippen LogP contribution in [0, 0.1) is 6.92 Å². The summed E-state index contributed by atoms with van der Waals surface area (Å²) in [5.41, 5.74) is 3.60. The van der Waals surface area contributed by atoms with E-state index >= 15 is 0 Å². The maximum Gasteiger partial charge on any atom is 0.339 e. The molecular weight excluding hydrogens is 496 g/mol. The second kappa shape index (κ2) is 10.7. The van der Waals surface area contributed by atoms with Crippen LogP contribution < -0.4 is 4.18 Å². The molecule has 0 saturated heterocycles. The molecule has 4 rings (SSSR count). The van der Waals surface area contributed by atoms with Crippen molar-refractivity contribution in [3.05, 3.63) is 125 Å². The fourth-order valence-electron chi connectivity index (χ4n) is 4.10. The fraction of sp³-hybridized carbons (Fsp3) is 0.143. The summed E-state index contributed by atoms with van der Waals surface area (Å²) in [6.07, 6.45) is 1.20. The molecule has 8 heteroatoms. The van der Waals surface area contributed by atoms with Gasteiger partial charge in [0, 0.05) is 11.5 Å². The highest BCUT2D eigenvalue weighted by molar-refractivity contribution is 7.87. The molecule has 0 bridgehead atoms. The van der Waals surface area contributed by atoms with Crippen molar-refractivity contribution in [2.24, 2.45) is 0 Å². The molecule has 0 spiro atoms. The SMILES string of the molecule is Cc1ccc(OS(=O)(=O)c2ccccc2)c(C(CCc2ccc(S(=O)(=O)O)cc2)c2ccccc2)c1. The van der Waals surface area contributed by atoms with Crippen molar-refractivity contribution in [2.45, 2.75) is 35.5 Å². The molecule has 1 unspecified atom stereocenters. The van der Waals surface area contributed by atoms with Gasteiger partial charge in [-0.3, -0.25) is 4.55 Å². The Morgan fingerprint density at radius 3 is 1.97 bits per heavy atom. The van der Waals surface area contributed by atoms with E-state index in [1.165, 1.54) is 24.3 Å². The first-order valence-electron chi connectivity index (χ1n) is 11.3. The minimum Gasteiger partial charge on any atom is -0.379 e. The van der Waals surface area contributed by atoms with Gasteiger partial charge in [0.25, 0.3) is 10.1 Å². The highest BCUT2D eigenvalue weighted by Gasteiger charge is 2.24. The largest absolute Gasteiger partial charge is 0.379 e. The summed E-state index contributed by atoms with van der Waals surface area (Å²) in [5, 5.41) is 0. The Balaban J connectivity index is 1.69. The van der Waals surface area contributed by atoms with Crippen LogP contribution in [0.15, 0.2) is 113 Å². The molecule has 0 aliphatic rings. The Labute approximate surface area is 212 Å². The summed E-state index contributed by atoms with van der Waals surface area (Å²) in [5.74, 6) is 0.0772. The van der Waals surface area contributed by atoms with Crippen molar-refractivity contribution < 1.29 is 25.6 Å². The zero-order valence-corrected chi connectivity index (χ0v) is 21.2. The zero-order valence-electron chi connectivity index (χ0n) is 19.6. The Morgan fingerprint density at radius 1 is 0.750 bits per heavy atom. The molecule has 0 heterocycles. The van der Waals surface area contributed by atoms with Crippen LogP contribution in [-0.4, -0.2) is 21.4 Å². The first-order chi connectivity index (χ1) is 17.1. The predicted octanol–water partition coefficient (Wildman–Crippen LogP) is 5.77. The summed E-state index contributed by atoms with van der Waals surface area (Å²) < 4.78 is 63.6. The number of hydrogen-bond acceptors (Lipinski definition) is 5. The summed E-state index contributed by atoms with van der Waals surface area (Å²) in [4.78, 5) is -0.0851. The molecular formula is C28H26O6S2. The van der Waals surface area contributed by atoms with Crippen LogP contribution in [0.4, 0.5) is 0 Å². The molecule has 0 fully saturated rings. The van der Waals surface area contributed by atoms with Crippen molar-refractivity contribution in [3.63, 3.8) is 0 Å². The average molecular weight is 523 g/mol. The number of hydrogen-bond donors (Lipinski definition) is 1. The van der Waals surface area contributed by atoms with Gasteiger partial charge in [-0.25, -0.2) is 0 Å². The lowest BCUT2D eigenvalue weighted by atomic mass is 9.85. The predicted molar refractivity (Wildman–Crippen MR) is 138 cm³/mol. The lowest BCUT2D eigenvalue weighted by molar-refractivity contribution is 0.478. The van der Waals surface area contributed by atoms with E-state index in [2.05, 4.69) is 0 Å². The minimum atomic E-state index is -4.26. The third kappa shape index (κ3) is 6.20. The van der Waals surface area contributed by atoms with Crippen LogP contribution in [0.2, 0.25) is 0 Å². The standard InChI is InChI=1S/C28H26O6S2/c1-21-12-19-28(34-36(32,33)25-10-6-3-7-11-25)27(20-21)26(23-8-4-2-5-9-23)18-15-22-13-16-24(17-14-22)35(29,30)31/h2-14,16-17,19-20,26H,15,18H2,1H3,(H,29,30,31). The molecule has 0 aliphatic heterocycles. The molecule has 0 radical (unpaired) electrons. The monoisotopic (exact) mass is 522 g/mol. The molecule has 4 aromatic carbocycles. The van der Waals surface area contributed by atoms with Crippen LogP contribution in [0.5, 0.6) is 5.75 Å². The fourth-order valence-corrected chi connectivity index (χ4v) is 5.55. The second-order valence-electron chi connectivity index (χ2n) is 8.51. The van der Waals surface area contributed by atoms with Gasteiger partial charge in [-0.05, 0) is 61.2 Å². The number of aryl methyl sites for hydroxylation is 2. The van der Waals surface area contributed by atoms with Gasteiger partial charge >= 0.3 is 10.1 Å². The van der Waals surface area contributed by atoms with Gasteiger partial charge in [0.2, 0.25) is 0 Å². The van der Waals surface area contributed by atoms with Gasteiger partial charge in [0.15, 0.2) is 0 Å². The summed E-state index contributed by atoms with van der Waals surface area (Å²) >= 11 is 0. The Bertz CT molecular complexity index is 1530. The first kappa shape index (κ1) is 25.6. The molecule has 0 aromatic heterocycles. The maximum absolute atomic E-state index is 13.0. The van der Waals surface area contributed by atoms with E-state index in [9.17, 15) is 21.4 Å². The summed E-state index contributed by atoms with van der Waals surface area (Å²) in [6.45, 7) is 1.94. The topological polar surface area (TPSA) is 97.7 Å². The summed E-state index contributed by atoms with van der Waals surface area (Å²) in [6, 6.07) is 29.3. The molecule has 1 atom stereocenters. The van der Waals surface area contributed by atoms with Crippen molar-refractivity contribution in [2.75, 3.05) is 0 Å². The minimum absolute atomic E-state index is 0.0757. The lowest BCUT2D eigenvalue weighted by Gasteiger charge is -2.22. The molecule has 0 saturated carbocycles. The van der Waals surface area contributed by atoms with Crippen molar-refractivity contribution in [1.29, 1.82) is 0 Å². The molecule has 36 heavy (non-hydrogen) atoms. The number of rotatable bonds is 9.